The molecule has 94 valence electrons. The van der Waals surface area contributed by atoms with Gasteiger partial charge in [-0.25, -0.2) is 0 Å². The highest BCUT2D eigenvalue weighted by atomic mass is 16.2. The van der Waals surface area contributed by atoms with E-state index in [0.29, 0.717) is 6.04 Å². The Morgan fingerprint density at radius 3 is 2.94 bits per heavy atom. The fourth-order valence-electron chi connectivity index (χ4n) is 2.32. The van der Waals surface area contributed by atoms with Crippen molar-refractivity contribution >= 4 is 5.91 Å². The van der Waals surface area contributed by atoms with E-state index in [2.05, 4.69) is 26.1 Å². The Hall–Kier alpha value is -1.29. The molecule has 0 aromatic carbocycles. The molecule has 4 nitrogen and oxygen atoms in total. The van der Waals surface area contributed by atoms with E-state index in [0.717, 1.165) is 25.3 Å². The molecule has 2 rings (SSSR count). The SMILES string of the molecule is CC(C)n1cccc1C(=O)N1CCNC[C@@H]1C. The van der Waals surface area contributed by atoms with Crippen LogP contribution in [-0.2, 0) is 0 Å². The van der Waals surface area contributed by atoms with Gasteiger partial charge in [0.1, 0.15) is 5.69 Å². The van der Waals surface area contributed by atoms with E-state index >= 15 is 0 Å². The van der Waals surface area contributed by atoms with Gasteiger partial charge in [-0.15, -0.1) is 0 Å². The Bertz CT molecular complexity index is 397. The van der Waals surface area contributed by atoms with Crippen LogP contribution in [0.4, 0.5) is 0 Å². The van der Waals surface area contributed by atoms with E-state index in [1.165, 1.54) is 0 Å². The Morgan fingerprint density at radius 2 is 2.29 bits per heavy atom. The first-order valence-electron chi connectivity index (χ1n) is 6.29. The number of rotatable bonds is 2. The van der Waals surface area contributed by atoms with Crippen LogP contribution in [0, 0.1) is 0 Å². The normalized spacial score (nSPS) is 20.9. The molecule has 1 amide bonds. The monoisotopic (exact) mass is 235 g/mol. The number of nitrogens with one attached hydrogen (secondary N) is 1. The number of hydrogen-bond donors (Lipinski definition) is 1. The molecule has 0 aliphatic carbocycles. The Labute approximate surface area is 103 Å². The van der Waals surface area contributed by atoms with Crippen LogP contribution in [0.5, 0.6) is 0 Å². The highest BCUT2D eigenvalue weighted by molar-refractivity contribution is 5.93. The molecule has 0 bridgehead atoms. The van der Waals surface area contributed by atoms with Crippen molar-refractivity contribution in [3.63, 3.8) is 0 Å². The van der Waals surface area contributed by atoms with Gasteiger partial charge in [0, 0.05) is 37.9 Å². The Balaban J connectivity index is 2.21. The first-order chi connectivity index (χ1) is 8.11. The van der Waals surface area contributed by atoms with Gasteiger partial charge in [0.25, 0.3) is 5.91 Å². The van der Waals surface area contributed by atoms with Gasteiger partial charge in [-0.05, 0) is 32.9 Å². The standard InChI is InChI=1S/C13H21N3O/c1-10(2)15-7-4-5-12(15)13(17)16-8-6-14-9-11(16)3/h4-5,7,10-11,14H,6,8-9H2,1-3H3/t11-/m0/s1. The molecular weight excluding hydrogens is 214 g/mol. The van der Waals surface area contributed by atoms with Gasteiger partial charge in [-0.3, -0.25) is 4.79 Å². The number of carbonyl (C=O) groups is 1. The summed E-state index contributed by atoms with van der Waals surface area (Å²) >= 11 is 0. The first-order valence-corrected chi connectivity index (χ1v) is 6.29. The molecule has 1 aromatic rings. The lowest BCUT2D eigenvalue weighted by Gasteiger charge is -2.34. The Morgan fingerprint density at radius 1 is 1.53 bits per heavy atom. The largest absolute Gasteiger partial charge is 0.341 e. The molecule has 4 heteroatoms. The van der Waals surface area contributed by atoms with Crippen molar-refractivity contribution in [3.05, 3.63) is 24.0 Å². The lowest BCUT2D eigenvalue weighted by Crippen LogP contribution is -2.52. The molecule has 0 saturated carbocycles. The first kappa shape index (κ1) is 12.2. The molecule has 1 aliphatic heterocycles. The van der Waals surface area contributed by atoms with Gasteiger partial charge in [0.05, 0.1) is 0 Å². The van der Waals surface area contributed by atoms with Crippen LogP contribution in [0.2, 0.25) is 0 Å². The van der Waals surface area contributed by atoms with Crippen molar-refractivity contribution in [1.29, 1.82) is 0 Å². The van der Waals surface area contributed by atoms with Crippen molar-refractivity contribution in [2.24, 2.45) is 0 Å². The minimum absolute atomic E-state index is 0.151. The van der Waals surface area contributed by atoms with Crippen LogP contribution in [0.1, 0.15) is 37.3 Å². The fourth-order valence-corrected chi connectivity index (χ4v) is 2.32. The van der Waals surface area contributed by atoms with Gasteiger partial charge < -0.3 is 14.8 Å². The maximum Gasteiger partial charge on any atom is 0.270 e. The van der Waals surface area contributed by atoms with Crippen molar-refractivity contribution in [1.82, 2.24) is 14.8 Å². The predicted molar refractivity (Wildman–Crippen MR) is 68.2 cm³/mol. The summed E-state index contributed by atoms with van der Waals surface area (Å²) < 4.78 is 2.04. The number of nitrogens with zero attached hydrogens (tertiary/aromatic N) is 2. The van der Waals surface area contributed by atoms with E-state index in [-0.39, 0.29) is 11.9 Å². The van der Waals surface area contributed by atoms with Gasteiger partial charge in [-0.2, -0.15) is 0 Å². The van der Waals surface area contributed by atoms with Gasteiger partial charge in [0.2, 0.25) is 0 Å². The van der Waals surface area contributed by atoms with Crippen molar-refractivity contribution in [3.8, 4) is 0 Å². The van der Waals surface area contributed by atoms with Gasteiger partial charge in [0.15, 0.2) is 0 Å². The molecular formula is C13H21N3O. The predicted octanol–water partition coefficient (Wildman–Crippen LogP) is 1.50. The number of hydrogen-bond acceptors (Lipinski definition) is 2. The van der Waals surface area contributed by atoms with Crippen LogP contribution >= 0.6 is 0 Å². The maximum absolute atomic E-state index is 12.5. The van der Waals surface area contributed by atoms with Crippen LogP contribution < -0.4 is 5.32 Å². The van der Waals surface area contributed by atoms with Crippen LogP contribution in [0.3, 0.4) is 0 Å². The van der Waals surface area contributed by atoms with Crippen molar-refractivity contribution in [2.45, 2.75) is 32.9 Å². The second-order valence-corrected chi connectivity index (χ2v) is 4.95. The zero-order valence-corrected chi connectivity index (χ0v) is 10.8. The van der Waals surface area contributed by atoms with E-state index in [1.807, 2.05) is 27.8 Å². The van der Waals surface area contributed by atoms with E-state index in [1.54, 1.807) is 0 Å². The minimum atomic E-state index is 0.151. The average molecular weight is 235 g/mol. The molecule has 0 radical (unpaired) electrons. The Kier molecular flexibility index (Phi) is 3.52. The van der Waals surface area contributed by atoms with Crippen LogP contribution in [0.25, 0.3) is 0 Å². The third-order valence-corrected chi connectivity index (χ3v) is 3.32. The summed E-state index contributed by atoms with van der Waals surface area (Å²) in [7, 11) is 0. The summed E-state index contributed by atoms with van der Waals surface area (Å²) in [5.74, 6) is 0.151. The maximum atomic E-state index is 12.5. The highest BCUT2D eigenvalue weighted by Crippen LogP contribution is 2.15. The lowest BCUT2D eigenvalue weighted by molar-refractivity contribution is 0.0643. The van der Waals surface area contributed by atoms with Gasteiger partial charge >= 0.3 is 0 Å². The summed E-state index contributed by atoms with van der Waals surface area (Å²) in [6, 6.07) is 4.45. The third-order valence-electron chi connectivity index (χ3n) is 3.32. The smallest absolute Gasteiger partial charge is 0.270 e. The van der Waals surface area contributed by atoms with E-state index in [4.69, 9.17) is 0 Å². The fraction of sp³-hybridized carbons (Fsp3) is 0.615. The zero-order valence-electron chi connectivity index (χ0n) is 10.8. The van der Waals surface area contributed by atoms with Crippen LogP contribution in [-0.4, -0.2) is 41.1 Å². The lowest BCUT2D eigenvalue weighted by atomic mass is 10.2. The van der Waals surface area contributed by atoms with Crippen LogP contribution in [0.15, 0.2) is 18.3 Å². The molecule has 0 spiro atoms. The number of carbonyl (C=O) groups excluding carboxylic acids is 1. The topological polar surface area (TPSA) is 37.3 Å². The number of amides is 1. The third kappa shape index (κ3) is 2.36. The highest BCUT2D eigenvalue weighted by Gasteiger charge is 2.26. The van der Waals surface area contributed by atoms with Crippen molar-refractivity contribution < 1.29 is 4.79 Å². The second-order valence-electron chi connectivity index (χ2n) is 4.95. The summed E-state index contributed by atoms with van der Waals surface area (Å²) in [5.41, 5.74) is 0.800. The van der Waals surface area contributed by atoms with Gasteiger partial charge in [-0.1, -0.05) is 0 Å². The van der Waals surface area contributed by atoms with E-state index in [9.17, 15) is 4.79 Å². The molecule has 0 unspecified atom stereocenters. The molecule has 1 saturated heterocycles. The molecule has 1 aromatic heterocycles. The molecule has 1 atom stereocenters. The molecule has 2 heterocycles. The molecule has 1 fully saturated rings. The van der Waals surface area contributed by atoms with E-state index < -0.39 is 0 Å². The quantitative estimate of drug-likeness (QED) is 0.843. The summed E-state index contributed by atoms with van der Waals surface area (Å²) in [6.45, 7) is 8.85. The minimum Gasteiger partial charge on any atom is -0.341 e. The van der Waals surface area contributed by atoms with Crippen molar-refractivity contribution in [2.75, 3.05) is 19.6 Å². The summed E-state index contributed by atoms with van der Waals surface area (Å²) in [4.78, 5) is 14.4. The molecule has 1 aliphatic rings. The molecule has 1 N–H and O–H groups in total. The molecule has 17 heavy (non-hydrogen) atoms. The second kappa shape index (κ2) is 4.92. The average Bonchev–Trinajstić information content (AvgIpc) is 2.77. The number of aromatic nitrogens is 1. The number of piperazine rings is 1. The zero-order chi connectivity index (χ0) is 12.4. The summed E-state index contributed by atoms with van der Waals surface area (Å²) in [5, 5.41) is 3.30. The summed E-state index contributed by atoms with van der Waals surface area (Å²) in [6.07, 6.45) is 1.98.